The van der Waals surface area contributed by atoms with Crippen LogP contribution in [0.4, 0.5) is 22.0 Å². The van der Waals surface area contributed by atoms with Gasteiger partial charge in [-0.25, -0.2) is 4.39 Å². The zero-order chi connectivity index (χ0) is 10.4. The summed E-state index contributed by atoms with van der Waals surface area (Å²) in [6.07, 6.45) is -3.64. The highest BCUT2D eigenvalue weighted by molar-refractivity contribution is 6.15. The lowest BCUT2D eigenvalue weighted by Crippen LogP contribution is -2.48. The zero-order valence-electron chi connectivity index (χ0n) is 5.78. The van der Waals surface area contributed by atoms with Crippen molar-refractivity contribution in [3.8, 4) is 0 Å². The third kappa shape index (κ3) is 1.14. The molecule has 1 atom stereocenters. The maximum Gasteiger partial charge on any atom is 0.350 e. The summed E-state index contributed by atoms with van der Waals surface area (Å²) in [5, 5.41) is 0. The van der Waals surface area contributed by atoms with Crippen molar-refractivity contribution < 1.29 is 31.5 Å². The number of rotatable bonds is 0. The van der Waals surface area contributed by atoms with Crippen molar-refractivity contribution in [1.82, 2.24) is 0 Å². The van der Waals surface area contributed by atoms with Gasteiger partial charge in [0.05, 0.1) is 0 Å². The summed E-state index contributed by atoms with van der Waals surface area (Å²) in [4.78, 5) is 20.4. The van der Waals surface area contributed by atoms with Crippen LogP contribution in [0.2, 0.25) is 0 Å². The Morgan fingerprint density at radius 1 is 1.08 bits per heavy atom. The molecule has 0 spiro atoms. The van der Waals surface area contributed by atoms with Gasteiger partial charge >= 0.3 is 5.92 Å². The summed E-state index contributed by atoms with van der Waals surface area (Å²) in [6, 6.07) is 0. The Kier molecular flexibility index (Phi) is 1.97. The molecule has 0 heterocycles. The third-order valence-corrected chi connectivity index (χ3v) is 1.46. The Hall–Kier alpha value is -1.27. The van der Waals surface area contributed by atoms with Crippen molar-refractivity contribution in [2.45, 2.75) is 12.1 Å². The van der Waals surface area contributed by atoms with Gasteiger partial charge in [-0.05, 0) is 0 Å². The van der Waals surface area contributed by atoms with Crippen LogP contribution in [0.5, 0.6) is 0 Å². The first-order chi connectivity index (χ1) is 5.80. The number of hydrogen-bond donors (Lipinski definition) is 0. The first-order valence-electron chi connectivity index (χ1n) is 2.96. The summed E-state index contributed by atoms with van der Waals surface area (Å²) < 4.78 is 61.2. The van der Waals surface area contributed by atoms with Gasteiger partial charge in [-0.2, -0.15) is 17.6 Å². The minimum atomic E-state index is -4.81. The SMILES string of the molecule is O=C1C(F)=C(F)C(=O)C(F)(F)C1F. The Morgan fingerprint density at radius 2 is 1.54 bits per heavy atom. The predicted molar refractivity (Wildman–Crippen MR) is 29.1 cm³/mol. The number of Topliss-reactive ketones (excluding diaryl/α,β-unsaturated/α-hetero) is 2. The van der Waals surface area contributed by atoms with Crippen LogP contribution in [0.3, 0.4) is 0 Å². The fourth-order valence-corrected chi connectivity index (χ4v) is 0.745. The normalized spacial score (nSPS) is 28.2. The Labute approximate surface area is 68.0 Å². The standard InChI is InChI=1S/C6HF5O2/c7-1-2(8)5(13)6(10,11)4(9)3(1)12/h4H. The average Bonchev–Trinajstić information content (AvgIpc) is 2.09. The first kappa shape index (κ1) is 9.82. The maximum atomic E-state index is 12.3. The maximum absolute atomic E-state index is 12.3. The van der Waals surface area contributed by atoms with Gasteiger partial charge in [0, 0.05) is 0 Å². The minimum Gasteiger partial charge on any atom is -0.288 e. The molecule has 0 aromatic rings. The molecule has 0 saturated carbocycles. The van der Waals surface area contributed by atoms with Crippen LogP contribution in [-0.4, -0.2) is 23.7 Å². The molecular weight excluding hydrogens is 199 g/mol. The predicted octanol–water partition coefficient (Wildman–Crippen LogP) is 1.26. The van der Waals surface area contributed by atoms with Gasteiger partial charge in [-0.1, -0.05) is 0 Å². The second-order valence-electron chi connectivity index (χ2n) is 2.31. The number of alkyl halides is 3. The molecule has 0 fully saturated rings. The Bertz CT molecular complexity index is 319. The van der Waals surface area contributed by atoms with Crippen molar-refractivity contribution in [2.24, 2.45) is 0 Å². The van der Waals surface area contributed by atoms with Gasteiger partial charge in [0.1, 0.15) is 0 Å². The second kappa shape index (κ2) is 2.61. The summed E-state index contributed by atoms with van der Waals surface area (Å²) >= 11 is 0. The molecule has 0 radical (unpaired) electrons. The van der Waals surface area contributed by atoms with Crippen LogP contribution in [-0.2, 0) is 9.59 Å². The number of halogens is 5. The minimum absolute atomic E-state index is 2.35. The van der Waals surface area contributed by atoms with Gasteiger partial charge in [0.2, 0.25) is 23.6 Å². The zero-order valence-corrected chi connectivity index (χ0v) is 5.78. The summed E-state index contributed by atoms with van der Waals surface area (Å²) in [5.41, 5.74) is 0. The van der Waals surface area contributed by atoms with E-state index >= 15 is 0 Å². The van der Waals surface area contributed by atoms with E-state index < -0.39 is 35.3 Å². The fraction of sp³-hybridized carbons (Fsp3) is 0.333. The molecular formula is C6HF5O2. The van der Waals surface area contributed by atoms with E-state index in [0.717, 1.165) is 0 Å². The molecule has 0 amide bonds. The van der Waals surface area contributed by atoms with E-state index in [1.807, 2.05) is 0 Å². The molecule has 72 valence electrons. The lowest BCUT2D eigenvalue weighted by atomic mass is 9.97. The van der Waals surface area contributed by atoms with E-state index in [9.17, 15) is 31.5 Å². The van der Waals surface area contributed by atoms with E-state index in [2.05, 4.69) is 0 Å². The highest BCUT2D eigenvalue weighted by Crippen LogP contribution is 2.35. The Balaban J connectivity index is 3.31. The molecule has 0 bridgehead atoms. The van der Waals surface area contributed by atoms with E-state index in [0.29, 0.717) is 0 Å². The summed E-state index contributed by atoms with van der Waals surface area (Å²) in [7, 11) is 0. The number of ketones is 2. The molecule has 0 aromatic carbocycles. The van der Waals surface area contributed by atoms with Gasteiger partial charge in [0.25, 0.3) is 5.78 Å². The molecule has 1 aliphatic carbocycles. The van der Waals surface area contributed by atoms with Crippen molar-refractivity contribution in [3.05, 3.63) is 11.7 Å². The monoisotopic (exact) mass is 200 g/mol. The van der Waals surface area contributed by atoms with E-state index in [1.165, 1.54) is 0 Å². The van der Waals surface area contributed by atoms with E-state index in [4.69, 9.17) is 0 Å². The van der Waals surface area contributed by atoms with Crippen molar-refractivity contribution >= 4 is 11.6 Å². The molecule has 1 rings (SSSR count). The molecule has 0 saturated heterocycles. The van der Waals surface area contributed by atoms with Crippen molar-refractivity contribution in [3.63, 3.8) is 0 Å². The van der Waals surface area contributed by atoms with Gasteiger partial charge in [0.15, 0.2) is 0 Å². The first-order valence-corrected chi connectivity index (χ1v) is 2.96. The van der Waals surface area contributed by atoms with E-state index in [-0.39, 0.29) is 0 Å². The number of allylic oxidation sites excluding steroid dienone is 2. The van der Waals surface area contributed by atoms with Crippen molar-refractivity contribution in [1.29, 1.82) is 0 Å². The summed E-state index contributed by atoms with van der Waals surface area (Å²) in [6.45, 7) is 0. The lowest BCUT2D eigenvalue weighted by Gasteiger charge is -2.20. The third-order valence-electron chi connectivity index (χ3n) is 1.46. The van der Waals surface area contributed by atoms with Crippen LogP contribution in [0.15, 0.2) is 11.7 Å². The van der Waals surface area contributed by atoms with Gasteiger partial charge in [-0.3, -0.25) is 9.59 Å². The molecule has 0 N–H and O–H groups in total. The number of carbonyl (C=O) groups excluding carboxylic acids is 2. The molecule has 1 aliphatic rings. The van der Waals surface area contributed by atoms with Crippen molar-refractivity contribution in [2.75, 3.05) is 0 Å². The smallest absolute Gasteiger partial charge is 0.288 e. The highest BCUT2D eigenvalue weighted by Gasteiger charge is 2.59. The quantitative estimate of drug-likeness (QED) is 0.551. The lowest BCUT2D eigenvalue weighted by molar-refractivity contribution is -0.160. The number of carbonyl (C=O) groups is 2. The second-order valence-corrected chi connectivity index (χ2v) is 2.31. The van der Waals surface area contributed by atoms with Crippen LogP contribution in [0.1, 0.15) is 0 Å². The van der Waals surface area contributed by atoms with E-state index in [1.54, 1.807) is 0 Å². The molecule has 13 heavy (non-hydrogen) atoms. The fourth-order valence-electron chi connectivity index (χ4n) is 0.745. The number of hydrogen-bond acceptors (Lipinski definition) is 2. The molecule has 1 unspecified atom stereocenters. The largest absolute Gasteiger partial charge is 0.350 e. The Morgan fingerprint density at radius 3 is 2.00 bits per heavy atom. The summed E-state index contributed by atoms with van der Waals surface area (Å²) in [5.74, 6) is -14.7. The van der Waals surface area contributed by atoms with Crippen LogP contribution in [0, 0.1) is 0 Å². The van der Waals surface area contributed by atoms with Gasteiger partial charge < -0.3 is 0 Å². The average molecular weight is 200 g/mol. The molecule has 0 aliphatic heterocycles. The molecule has 7 heteroatoms. The van der Waals surface area contributed by atoms with Crippen LogP contribution < -0.4 is 0 Å². The topological polar surface area (TPSA) is 34.1 Å². The van der Waals surface area contributed by atoms with Crippen LogP contribution >= 0.6 is 0 Å². The van der Waals surface area contributed by atoms with Gasteiger partial charge in [-0.15, -0.1) is 0 Å². The molecule has 0 aromatic heterocycles. The van der Waals surface area contributed by atoms with Crippen LogP contribution in [0.25, 0.3) is 0 Å². The highest BCUT2D eigenvalue weighted by atomic mass is 19.3. The molecule has 2 nitrogen and oxygen atoms in total.